The highest BCUT2D eigenvalue weighted by Crippen LogP contribution is 2.21. The van der Waals surface area contributed by atoms with Crippen LogP contribution in [0.2, 0.25) is 0 Å². The van der Waals surface area contributed by atoms with E-state index in [0.717, 1.165) is 55.7 Å². The molecule has 1 aliphatic heterocycles. The minimum Gasteiger partial charge on any atom is -0.400 e. The molecule has 3 rings (SSSR count). The van der Waals surface area contributed by atoms with E-state index in [1.807, 2.05) is 50.3 Å². The van der Waals surface area contributed by atoms with Crippen molar-refractivity contribution in [3.63, 3.8) is 0 Å². The van der Waals surface area contributed by atoms with Crippen molar-refractivity contribution in [3.05, 3.63) is 83.4 Å². The van der Waals surface area contributed by atoms with E-state index < -0.39 is 5.91 Å². The summed E-state index contributed by atoms with van der Waals surface area (Å²) < 4.78 is 0. The van der Waals surface area contributed by atoms with Crippen molar-refractivity contribution < 1.29 is 9.59 Å². The van der Waals surface area contributed by atoms with E-state index in [2.05, 4.69) is 39.0 Å². The highest BCUT2D eigenvalue weighted by atomic mass is 16.2. The Morgan fingerprint density at radius 2 is 1.95 bits per heavy atom. The molecule has 0 atom stereocenters. The van der Waals surface area contributed by atoms with Gasteiger partial charge >= 0.3 is 0 Å². The Balaban J connectivity index is 0.000000449. The van der Waals surface area contributed by atoms with Crippen LogP contribution in [0.3, 0.4) is 0 Å². The number of hydrogen-bond acceptors (Lipinski definition) is 6. The van der Waals surface area contributed by atoms with Crippen LogP contribution in [0, 0.1) is 6.92 Å². The normalized spacial score (nSPS) is 14.7. The first-order valence-electron chi connectivity index (χ1n) is 12.1. The molecule has 0 aliphatic carbocycles. The Labute approximate surface area is 218 Å². The van der Waals surface area contributed by atoms with Gasteiger partial charge in [0.2, 0.25) is 6.41 Å². The first kappa shape index (κ1) is 29.0. The molecule has 1 aromatic heterocycles. The Bertz CT molecular complexity index is 1160. The van der Waals surface area contributed by atoms with Gasteiger partial charge in [0.05, 0.1) is 11.4 Å². The van der Waals surface area contributed by atoms with Gasteiger partial charge in [0.25, 0.3) is 5.91 Å². The summed E-state index contributed by atoms with van der Waals surface area (Å²) in [6.45, 7) is 16.8. The number of H-pyrrole nitrogens is 1. The third kappa shape index (κ3) is 8.73. The van der Waals surface area contributed by atoms with Gasteiger partial charge in [0.15, 0.2) is 5.82 Å². The van der Waals surface area contributed by atoms with Crippen molar-refractivity contribution in [2.24, 2.45) is 10.7 Å². The van der Waals surface area contributed by atoms with E-state index in [4.69, 9.17) is 5.73 Å². The number of benzene rings is 1. The molecule has 1 aromatic carbocycles. The van der Waals surface area contributed by atoms with E-state index >= 15 is 0 Å². The monoisotopic (exact) mass is 503 g/mol. The highest BCUT2D eigenvalue weighted by Gasteiger charge is 2.17. The molecular weight excluding hydrogens is 466 g/mol. The van der Waals surface area contributed by atoms with Crippen LogP contribution in [0.5, 0.6) is 0 Å². The van der Waals surface area contributed by atoms with Gasteiger partial charge in [0.1, 0.15) is 5.70 Å². The summed E-state index contributed by atoms with van der Waals surface area (Å²) in [6.07, 6.45) is 8.92. The van der Waals surface area contributed by atoms with Crippen LogP contribution in [0.15, 0.2) is 66.0 Å². The van der Waals surface area contributed by atoms with Crippen LogP contribution < -0.4 is 16.4 Å². The molecule has 196 valence electrons. The maximum Gasteiger partial charge on any atom is 0.277 e. The SMILES string of the molecule is C=CC(=N/C(C(=O)Nc1n[nH]c(C=C)c1/C=C\C)=C(\C)N)c1ccc(C)cc1.O=CN1CCCNCC1. The lowest BCUT2D eigenvalue weighted by Crippen LogP contribution is -2.26. The van der Waals surface area contributed by atoms with E-state index in [0.29, 0.717) is 17.2 Å². The number of allylic oxidation sites excluding steroid dienone is 3. The van der Waals surface area contributed by atoms with Crippen LogP contribution in [-0.2, 0) is 9.59 Å². The molecule has 1 saturated heterocycles. The summed E-state index contributed by atoms with van der Waals surface area (Å²) >= 11 is 0. The largest absolute Gasteiger partial charge is 0.400 e. The van der Waals surface area contributed by atoms with E-state index in [-0.39, 0.29) is 11.4 Å². The van der Waals surface area contributed by atoms with Crippen molar-refractivity contribution >= 4 is 36.0 Å². The number of carbonyl (C=O) groups is 2. The lowest BCUT2D eigenvalue weighted by Gasteiger charge is -2.11. The summed E-state index contributed by atoms with van der Waals surface area (Å²) in [4.78, 5) is 29.3. The van der Waals surface area contributed by atoms with Gasteiger partial charge in [-0.1, -0.05) is 55.1 Å². The van der Waals surface area contributed by atoms with E-state index in [1.165, 1.54) is 0 Å². The van der Waals surface area contributed by atoms with Gasteiger partial charge < -0.3 is 21.3 Å². The predicted molar refractivity (Wildman–Crippen MR) is 152 cm³/mol. The summed E-state index contributed by atoms with van der Waals surface area (Å²) in [5.74, 6) is -0.0817. The fourth-order valence-corrected chi connectivity index (χ4v) is 3.48. The average Bonchev–Trinajstić information content (AvgIpc) is 3.08. The number of hydrogen-bond donors (Lipinski definition) is 4. The van der Waals surface area contributed by atoms with E-state index in [9.17, 15) is 9.59 Å². The molecular formula is C28H37N7O2. The van der Waals surface area contributed by atoms with Crippen molar-refractivity contribution in [2.75, 3.05) is 31.5 Å². The molecule has 1 aliphatic rings. The predicted octanol–water partition coefficient (Wildman–Crippen LogP) is 3.64. The Morgan fingerprint density at radius 1 is 1.22 bits per heavy atom. The molecule has 37 heavy (non-hydrogen) atoms. The second-order valence-corrected chi connectivity index (χ2v) is 8.40. The number of aryl methyl sites for hydroxylation is 1. The number of nitrogens with two attached hydrogens (primary N) is 1. The summed E-state index contributed by atoms with van der Waals surface area (Å²) in [5, 5.41) is 12.9. The topological polar surface area (TPSA) is 128 Å². The molecule has 0 saturated carbocycles. The number of aliphatic imine (C=N–C) groups is 1. The van der Waals surface area contributed by atoms with Crippen molar-refractivity contribution in [1.29, 1.82) is 0 Å². The molecule has 9 heteroatoms. The van der Waals surface area contributed by atoms with Gasteiger partial charge in [-0.25, -0.2) is 4.99 Å². The van der Waals surface area contributed by atoms with E-state index in [1.54, 1.807) is 24.0 Å². The smallest absolute Gasteiger partial charge is 0.277 e. The maximum absolute atomic E-state index is 12.9. The third-order valence-electron chi connectivity index (χ3n) is 5.49. The second kappa shape index (κ2) is 15.0. The Kier molecular flexibility index (Phi) is 11.8. The van der Waals surface area contributed by atoms with Crippen molar-refractivity contribution in [1.82, 2.24) is 20.4 Å². The number of anilines is 1. The van der Waals surface area contributed by atoms with Crippen LogP contribution in [0.25, 0.3) is 12.2 Å². The lowest BCUT2D eigenvalue weighted by atomic mass is 10.1. The Morgan fingerprint density at radius 3 is 2.54 bits per heavy atom. The lowest BCUT2D eigenvalue weighted by molar-refractivity contribution is -0.118. The van der Waals surface area contributed by atoms with Crippen LogP contribution in [-0.4, -0.2) is 59.3 Å². The fourth-order valence-electron chi connectivity index (χ4n) is 3.48. The quantitative estimate of drug-likeness (QED) is 0.248. The molecule has 0 spiro atoms. The van der Waals surface area contributed by atoms with Crippen LogP contribution in [0.4, 0.5) is 5.82 Å². The summed E-state index contributed by atoms with van der Waals surface area (Å²) in [7, 11) is 0. The zero-order valence-electron chi connectivity index (χ0n) is 21.9. The fraction of sp³-hybridized carbons (Fsp3) is 0.286. The standard InChI is InChI=1S/C22H25N5O.C6H12N2O/c1-6-9-17-19(8-3)26-27-21(17)25-22(28)20(15(5)23)24-18(7-2)16-12-10-14(4)11-13-16;9-6-8-4-1-2-7-3-5-8/h6-13H,2-3,23H2,1,4-5H3,(H2,25,26,27,28);6-7H,1-5H2/b9-6-,20-15+,24-18?;. The van der Waals surface area contributed by atoms with Crippen LogP contribution in [0.1, 0.15) is 42.7 Å². The van der Waals surface area contributed by atoms with Gasteiger partial charge in [-0.15, -0.1) is 0 Å². The highest BCUT2D eigenvalue weighted by molar-refractivity contribution is 6.13. The second-order valence-electron chi connectivity index (χ2n) is 8.40. The molecule has 2 aromatic rings. The van der Waals surface area contributed by atoms with Gasteiger partial charge in [0, 0.05) is 36.5 Å². The first-order valence-corrected chi connectivity index (χ1v) is 12.1. The summed E-state index contributed by atoms with van der Waals surface area (Å²) in [6, 6.07) is 7.78. The molecule has 2 heterocycles. The molecule has 1 fully saturated rings. The third-order valence-corrected chi connectivity index (χ3v) is 5.49. The molecule has 2 amide bonds. The number of carbonyl (C=O) groups excluding carboxylic acids is 2. The van der Waals surface area contributed by atoms with Gasteiger partial charge in [-0.3, -0.25) is 14.7 Å². The number of amides is 2. The zero-order chi connectivity index (χ0) is 27.2. The average molecular weight is 504 g/mol. The molecule has 9 nitrogen and oxygen atoms in total. The van der Waals surface area contributed by atoms with Gasteiger partial charge in [-0.05, 0) is 45.9 Å². The zero-order valence-corrected chi connectivity index (χ0v) is 21.9. The minimum atomic E-state index is -0.459. The first-order chi connectivity index (χ1) is 17.8. The van der Waals surface area contributed by atoms with Gasteiger partial charge in [-0.2, -0.15) is 5.10 Å². The minimum absolute atomic E-state index is 0.102. The maximum atomic E-state index is 12.9. The Hall–Kier alpha value is -4.24. The molecule has 5 N–H and O–H groups in total. The number of aromatic nitrogens is 2. The molecule has 0 unspecified atom stereocenters. The van der Waals surface area contributed by atoms with Crippen molar-refractivity contribution in [3.8, 4) is 0 Å². The van der Waals surface area contributed by atoms with Crippen LogP contribution >= 0.6 is 0 Å². The molecule has 0 bridgehead atoms. The number of nitrogens with one attached hydrogen (secondary N) is 3. The molecule has 0 radical (unpaired) electrons. The number of rotatable bonds is 8. The number of aromatic amines is 1. The van der Waals surface area contributed by atoms with Crippen molar-refractivity contribution in [2.45, 2.75) is 27.2 Å². The number of nitrogens with zero attached hydrogens (tertiary/aromatic N) is 3. The summed E-state index contributed by atoms with van der Waals surface area (Å²) in [5.41, 5.74) is 10.3.